The molecular formula is C21H18ClF3N4O3S. The van der Waals surface area contributed by atoms with Crippen molar-refractivity contribution < 1.29 is 27.4 Å². The summed E-state index contributed by atoms with van der Waals surface area (Å²) in [6.07, 6.45) is -0.824. The Morgan fingerprint density at radius 2 is 2.06 bits per heavy atom. The molecule has 0 radical (unpaired) electrons. The van der Waals surface area contributed by atoms with Gasteiger partial charge in [0.1, 0.15) is 21.2 Å². The summed E-state index contributed by atoms with van der Waals surface area (Å²) in [5.74, 6) is 0.0164. The molecule has 1 saturated heterocycles. The van der Waals surface area contributed by atoms with Gasteiger partial charge in [-0.05, 0) is 25.1 Å². The average Bonchev–Trinajstić information content (AvgIpc) is 3.44. The highest BCUT2D eigenvalue weighted by atomic mass is 35.5. The fraction of sp³-hybridized carbons (Fsp3) is 0.333. The summed E-state index contributed by atoms with van der Waals surface area (Å²) in [6.45, 7) is 2.66. The van der Waals surface area contributed by atoms with Crippen LogP contribution in [-0.2, 0) is 10.9 Å². The predicted octanol–water partition coefficient (Wildman–Crippen LogP) is 4.93. The van der Waals surface area contributed by atoms with E-state index in [0.717, 1.165) is 12.6 Å². The first-order chi connectivity index (χ1) is 15.7. The number of hydrogen-bond donors (Lipinski definition) is 1. The van der Waals surface area contributed by atoms with Crippen molar-refractivity contribution in [3.05, 3.63) is 58.1 Å². The van der Waals surface area contributed by atoms with Gasteiger partial charge in [0.25, 0.3) is 5.91 Å². The Bertz CT molecular complexity index is 1130. The van der Waals surface area contributed by atoms with Crippen LogP contribution in [0.2, 0.25) is 4.34 Å². The molecule has 12 heteroatoms. The Kier molecular flexibility index (Phi) is 6.82. The molecule has 1 amide bonds. The summed E-state index contributed by atoms with van der Waals surface area (Å²) in [6, 6.07) is 4.33. The van der Waals surface area contributed by atoms with E-state index in [0.29, 0.717) is 45.6 Å². The van der Waals surface area contributed by atoms with E-state index in [1.54, 1.807) is 25.1 Å². The number of nitrogens with one attached hydrogen (secondary N) is 1. The Hall–Kier alpha value is -2.76. The maximum absolute atomic E-state index is 13.0. The van der Waals surface area contributed by atoms with Crippen molar-refractivity contribution in [3.8, 4) is 16.3 Å². The molecule has 0 aliphatic carbocycles. The molecule has 1 fully saturated rings. The summed E-state index contributed by atoms with van der Waals surface area (Å²) >= 11 is 7.27. The maximum atomic E-state index is 13.0. The molecule has 4 rings (SSSR count). The SMILES string of the molecule is C[C@@H](NC(=O)c1cc(O[C@@H]2CCOC2)cc(-c2ncc(Cl)s2)c1)c1cnc(C(F)(F)F)cn1. The number of aromatic nitrogens is 3. The van der Waals surface area contributed by atoms with Crippen LogP contribution < -0.4 is 10.1 Å². The highest BCUT2D eigenvalue weighted by Crippen LogP contribution is 2.32. The molecule has 1 aliphatic heterocycles. The van der Waals surface area contributed by atoms with Crippen LogP contribution in [0.3, 0.4) is 0 Å². The minimum atomic E-state index is -4.59. The monoisotopic (exact) mass is 498 g/mol. The summed E-state index contributed by atoms with van der Waals surface area (Å²) in [5.41, 5.74) is 0.0333. The Balaban J connectivity index is 1.56. The molecule has 2 aromatic heterocycles. The highest BCUT2D eigenvalue weighted by molar-refractivity contribution is 7.18. The molecular weight excluding hydrogens is 481 g/mol. The number of ether oxygens (including phenoxy) is 2. The number of thiazole rings is 1. The minimum Gasteiger partial charge on any atom is -0.488 e. The number of rotatable bonds is 6. The number of hydrogen-bond acceptors (Lipinski definition) is 7. The topological polar surface area (TPSA) is 86.2 Å². The zero-order valence-electron chi connectivity index (χ0n) is 17.2. The van der Waals surface area contributed by atoms with E-state index in [2.05, 4.69) is 20.3 Å². The van der Waals surface area contributed by atoms with Crippen molar-refractivity contribution in [1.29, 1.82) is 0 Å². The zero-order valence-corrected chi connectivity index (χ0v) is 18.8. The molecule has 0 spiro atoms. The summed E-state index contributed by atoms with van der Waals surface area (Å²) in [4.78, 5) is 24.4. The number of amides is 1. The fourth-order valence-corrected chi connectivity index (χ4v) is 4.07. The van der Waals surface area contributed by atoms with Crippen LogP contribution in [0.4, 0.5) is 13.2 Å². The molecule has 0 saturated carbocycles. The number of benzene rings is 1. The van der Waals surface area contributed by atoms with Gasteiger partial charge in [0.2, 0.25) is 0 Å². The Labute approximate surface area is 195 Å². The van der Waals surface area contributed by atoms with Crippen LogP contribution in [0.1, 0.15) is 41.1 Å². The quantitative estimate of drug-likeness (QED) is 0.518. The first-order valence-corrected chi connectivity index (χ1v) is 11.1. The third-order valence-corrected chi connectivity index (χ3v) is 6.00. The molecule has 174 valence electrons. The van der Waals surface area contributed by atoms with E-state index in [9.17, 15) is 18.0 Å². The van der Waals surface area contributed by atoms with Crippen LogP contribution in [-0.4, -0.2) is 40.2 Å². The van der Waals surface area contributed by atoms with Crippen molar-refractivity contribution >= 4 is 28.8 Å². The standard InChI is InChI=1S/C21H18ClF3N4O3S/c1-11(16-7-27-17(8-26-16)21(23,24)25)29-19(30)12-4-13(20-28-9-18(22)33-20)6-15(5-12)32-14-2-3-31-10-14/h4-9,11,14H,2-3,10H2,1H3,(H,29,30)/t11-,14-/m1/s1. The molecule has 33 heavy (non-hydrogen) atoms. The van der Waals surface area contributed by atoms with Crippen LogP contribution >= 0.6 is 22.9 Å². The van der Waals surface area contributed by atoms with E-state index in [1.807, 2.05) is 0 Å². The van der Waals surface area contributed by atoms with E-state index in [4.69, 9.17) is 21.1 Å². The van der Waals surface area contributed by atoms with Crippen LogP contribution in [0, 0.1) is 0 Å². The molecule has 2 atom stereocenters. The fourth-order valence-electron chi connectivity index (χ4n) is 3.17. The van der Waals surface area contributed by atoms with E-state index in [1.165, 1.54) is 17.5 Å². The van der Waals surface area contributed by atoms with Crippen LogP contribution in [0.15, 0.2) is 36.8 Å². The first-order valence-electron chi connectivity index (χ1n) is 9.90. The zero-order chi connectivity index (χ0) is 23.6. The first kappa shape index (κ1) is 23.4. The van der Waals surface area contributed by atoms with Gasteiger partial charge in [0.05, 0.1) is 43.5 Å². The second-order valence-corrected chi connectivity index (χ2v) is 9.00. The normalized spacial score (nSPS) is 17.1. The molecule has 1 N–H and O–H groups in total. The predicted molar refractivity (Wildman–Crippen MR) is 115 cm³/mol. The molecule has 0 unspecified atom stereocenters. The van der Waals surface area contributed by atoms with Crippen molar-refractivity contribution in [3.63, 3.8) is 0 Å². The number of halogens is 4. The average molecular weight is 499 g/mol. The van der Waals surface area contributed by atoms with Crippen molar-refractivity contribution in [2.24, 2.45) is 0 Å². The lowest BCUT2D eigenvalue weighted by Crippen LogP contribution is -2.27. The Morgan fingerprint density at radius 3 is 2.67 bits per heavy atom. The number of carbonyl (C=O) groups is 1. The maximum Gasteiger partial charge on any atom is 0.434 e. The molecule has 3 heterocycles. The summed E-state index contributed by atoms with van der Waals surface area (Å²) in [7, 11) is 0. The third-order valence-electron chi connectivity index (χ3n) is 4.84. The van der Waals surface area contributed by atoms with Crippen molar-refractivity contribution in [1.82, 2.24) is 20.3 Å². The van der Waals surface area contributed by atoms with Gasteiger partial charge in [-0.15, -0.1) is 11.3 Å². The molecule has 7 nitrogen and oxygen atoms in total. The van der Waals surface area contributed by atoms with Gasteiger partial charge in [0, 0.05) is 17.5 Å². The van der Waals surface area contributed by atoms with Gasteiger partial charge in [-0.25, -0.2) is 9.97 Å². The summed E-state index contributed by atoms with van der Waals surface area (Å²) < 4.78 is 50.0. The number of carbonyl (C=O) groups excluding carboxylic acids is 1. The Morgan fingerprint density at radius 1 is 1.24 bits per heavy atom. The lowest BCUT2D eigenvalue weighted by molar-refractivity contribution is -0.141. The number of alkyl halides is 3. The highest BCUT2D eigenvalue weighted by Gasteiger charge is 2.33. The van der Waals surface area contributed by atoms with Gasteiger partial charge in [-0.2, -0.15) is 13.2 Å². The van der Waals surface area contributed by atoms with E-state index < -0.39 is 23.8 Å². The molecule has 1 aliphatic rings. The van der Waals surface area contributed by atoms with Gasteiger partial charge in [-0.1, -0.05) is 11.6 Å². The van der Waals surface area contributed by atoms with Gasteiger partial charge < -0.3 is 14.8 Å². The van der Waals surface area contributed by atoms with Crippen molar-refractivity contribution in [2.45, 2.75) is 31.7 Å². The second-order valence-electron chi connectivity index (χ2n) is 7.34. The van der Waals surface area contributed by atoms with Crippen molar-refractivity contribution in [2.75, 3.05) is 13.2 Å². The molecule has 1 aromatic carbocycles. The largest absolute Gasteiger partial charge is 0.488 e. The molecule has 0 bridgehead atoms. The second kappa shape index (κ2) is 9.62. The van der Waals surface area contributed by atoms with E-state index in [-0.39, 0.29) is 11.8 Å². The van der Waals surface area contributed by atoms with E-state index >= 15 is 0 Å². The molecule has 3 aromatic rings. The van der Waals surface area contributed by atoms with Gasteiger partial charge >= 0.3 is 6.18 Å². The van der Waals surface area contributed by atoms with Gasteiger partial charge in [0.15, 0.2) is 5.69 Å². The van der Waals surface area contributed by atoms with Gasteiger partial charge in [-0.3, -0.25) is 9.78 Å². The number of nitrogens with zero attached hydrogens (tertiary/aromatic N) is 3. The van der Waals surface area contributed by atoms with Crippen LogP contribution in [0.25, 0.3) is 10.6 Å². The van der Waals surface area contributed by atoms with Crippen LogP contribution in [0.5, 0.6) is 5.75 Å². The lowest BCUT2D eigenvalue weighted by atomic mass is 10.1. The third kappa shape index (κ3) is 5.79. The smallest absolute Gasteiger partial charge is 0.434 e. The summed E-state index contributed by atoms with van der Waals surface area (Å²) in [5, 5.41) is 3.34. The lowest BCUT2D eigenvalue weighted by Gasteiger charge is -2.16. The minimum absolute atomic E-state index is 0.127.